The molecule has 180 valence electrons. The van der Waals surface area contributed by atoms with Crippen molar-refractivity contribution in [3.63, 3.8) is 0 Å². The van der Waals surface area contributed by atoms with E-state index in [-0.39, 0.29) is 18.8 Å². The molecule has 0 bridgehead atoms. The largest absolute Gasteiger partial charge is 0.497 e. The quantitative estimate of drug-likeness (QED) is 0.438. The van der Waals surface area contributed by atoms with Crippen LogP contribution < -0.4 is 4.74 Å². The van der Waals surface area contributed by atoms with Gasteiger partial charge in [0.2, 0.25) is 0 Å². The second-order valence-electron chi connectivity index (χ2n) is 9.25. The molecule has 0 aliphatic carbocycles. The van der Waals surface area contributed by atoms with E-state index < -0.39 is 17.5 Å². The summed E-state index contributed by atoms with van der Waals surface area (Å²) < 4.78 is 24.7. The highest BCUT2D eigenvalue weighted by molar-refractivity contribution is 5.48. The minimum atomic E-state index is -0.875. The summed E-state index contributed by atoms with van der Waals surface area (Å²) in [5.41, 5.74) is 2.13. The monoisotopic (exact) mass is 462 g/mol. The van der Waals surface area contributed by atoms with Gasteiger partial charge in [0, 0.05) is 6.42 Å². The van der Waals surface area contributed by atoms with E-state index in [1.807, 2.05) is 74.5 Å². The van der Waals surface area contributed by atoms with Crippen LogP contribution in [0.25, 0.3) is 0 Å². The third kappa shape index (κ3) is 5.18. The minimum Gasteiger partial charge on any atom is -0.497 e. The van der Waals surface area contributed by atoms with E-state index in [1.165, 1.54) is 0 Å². The van der Waals surface area contributed by atoms with E-state index in [0.717, 1.165) is 22.4 Å². The number of benzene rings is 3. The Morgan fingerprint density at radius 2 is 1.32 bits per heavy atom. The van der Waals surface area contributed by atoms with Crippen molar-refractivity contribution < 1.29 is 24.1 Å². The molecule has 3 aromatic rings. The van der Waals surface area contributed by atoms with E-state index in [9.17, 15) is 5.11 Å². The van der Waals surface area contributed by atoms with Gasteiger partial charge in [-0.2, -0.15) is 0 Å². The van der Waals surface area contributed by atoms with Gasteiger partial charge >= 0.3 is 0 Å². The van der Waals surface area contributed by atoms with Crippen LogP contribution in [0.1, 0.15) is 43.9 Å². The third-order valence-corrected chi connectivity index (χ3v) is 6.18. The molecule has 34 heavy (non-hydrogen) atoms. The summed E-state index contributed by atoms with van der Waals surface area (Å²) in [5.74, 6) is 0.0422. The molecule has 5 heteroatoms. The van der Waals surface area contributed by atoms with Crippen LogP contribution in [-0.4, -0.2) is 42.9 Å². The molecule has 0 aromatic heterocycles. The molecule has 1 aliphatic heterocycles. The van der Waals surface area contributed by atoms with Crippen LogP contribution in [0.15, 0.2) is 84.9 Å². The van der Waals surface area contributed by atoms with Gasteiger partial charge in [-0.25, -0.2) is 0 Å². The van der Waals surface area contributed by atoms with Crippen molar-refractivity contribution in [1.29, 1.82) is 0 Å². The maximum absolute atomic E-state index is 10.0. The number of aliphatic hydroxyl groups is 1. The van der Waals surface area contributed by atoms with Gasteiger partial charge in [-0.15, -0.1) is 0 Å². The Bertz CT molecular complexity index is 992. The maximum atomic E-state index is 10.0. The Labute approximate surface area is 202 Å². The lowest BCUT2D eigenvalue weighted by Gasteiger charge is -2.37. The Hall–Kier alpha value is -2.70. The van der Waals surface area contributed by atoms with Crippen LogP contribution >= 0.6 is 0 Å². The number of methoxy groups -OCH3 is 1. The van der Waals surface area contributed by atoms with Gasteiger partial charge in [0.25, 0.3) is 0 Å². The van der Waals surface area contributed by atoms with Crippen LogP contribution in [0.5, 0.6) is 5.75 Å². The second kappa shape index (κ2) is 10.3. The van der Waals surface area contributed by atoms with Crippen LogP contribution in [0, 0.1) is 0 Å². The van der Waals surface area contributed by atoms with Crippen LogP contribution in [0.3, 0.4) is 0 Å². The van der Waals surface area contributed by atoms with Crippen molar-refractivity contribution in [3.8, 4) is 5.75 Å². The van der Waals surface area contributed by atoms with E-state index in [1.54, 1.807) is 14.0 Å². The molecule has 0 saturated carbocycles. The fourth-order valence-electron chi connectivity index (χ4n) is 4.71. The SMILES string of the molecule is COc1ccc(C(OCC2OC(C)(C)OC2CC(C)O)(c2ccccc2)c2ccccc2)cc1. The molecule has 1 N–H and O–H groups in total. The molecule has 3 aromatic carbocycles. The van der Waals surface area contributed by atoms with Crippen molar-refractivity contribution in [2.75, 3.05) is 13.7 Å². The predicted octanol–water partition coefficient (Wildman–Crippen LogP) is 5.29. The maximum Gasteiger partial charge on any atom is 0.163 e. The fourth-order valence-corrected chi connectivity index (χ4v) is 4.71. The average Bonchev–Trinajstić information content (AvgIpc) is 3.13. The van der Waals surface area contributed by atoms with Crippen molar-refractivity contribution in [3.05, 3.63) is 102 Å². The summed E-state index contributed by atoms with van der Waals surface area (Å²) in [5, 5.41) is 10.0. The topological polar surface area (TPSA) is 57.2 Å². The smallest absolute Gasteiger partial charge is 0.163 e. The first kappa shape index (κ1) is 24.4. The molecule has 1 aliphatic rings. The first-order valence-electron chi connectivity index (χ1n) is 11.8. The Balaban J connectivity index is 1.78. The highest BCUT2D eigenvalue weighted by Gasteiger charge is 2.45. The molecule has 3 unspecified atom stereocenters. The van der Waals surface area contributed by atoms with Crippen molar-refractivity contribution in [1.82, 2.24) is 0 Å². The molecular weight excluding hydrogens is 428 g/mol. The van der Waals surface area contributed by atoms with Crippen LogP contribution in [0.2, 0.25) is 0 Å². The molecular formula is C29H34O5. The summed E-state index contributed by atoms with van der Waals surface area (Å²) in [6.45, 7) is 5.85. The van der Waals surface area contributed by atoms with Crippen LogP contribution in [-0.2, 0) is 19.8 Å². The van der Waals surface area contributed by atoms with Gasteiger partial charge < -0.3 is 24.1 Å². The molecule has 5 nitrogen and oxygen atoms in total. The summed E-state index contributed by atoms with van der Waals surface area (Å²) in [4.78, 5) is 0. The highest BCUT2D eigenvalue weighted by Crippen LogP contribution is 2.42. The number of aliphatic hydroxyl groups excluding tert-OH is 1. The number of hydrogen-bond donors (Lipinski definition) is 1. The molecule has 0 amide bonds. The molecule has 1 saturated heterocycles. The summed E-state index contributed by atoms with van der Waals surface area (Å²) in [6.07, 6.45) is -0.617. The van der Waals surface area contributed by atoms with Gasteiger partial charge in [-0.1, -0.05) is 72.8 Å². The Morgan fingerprint density at radius 3 is 1.82 bits per heavy atom. The molecule has 0 spiro atoms. The number of rotatable bonds is 9. The lowest BCUT2D eigenvalue weighted by atomic mass is 9.80. The Morgan fingerprint density at radius 1 is 0.824 bits per heavy atom. The van der Waals surface area contributed by atoms with E-state index in [4.69, 9.17) is 18.9 Å². The Kier molecular flexibility index (Phi) is 7.39. The molecule has 3 atom stereocenters. The van der Waals surface area contributed by atoms with Crippen LogP contribution in [0.4, 0.5) is 0 Å². The van der Waals surface area contributed by atoms with Gasteiger partial charge in [0.15, 0.2) is 5.79 Å². The van der Waals surface area contributed by atoms with E-state index >= 15 is 0 Å². The zero-order valence-corrected chi connectivity index (χ0v) is 20.3. The predicted molar refractivity (Wildman–Crippen MR) is 132 cm³/mol. The zero-order valence-electron chi connectivity index (χ0n) is 20.3. The first-order chi connectivity index (χ1) is 16.3. The van der Waals surface area contributed by atoms with E-state index in [2.05, 4.69) is 24.3 Å². The van der Waals surface area contributed by atoms with Gasteiger partial charge in [-0.3, -0.25) is 0 Å². The van der Waals surface area contributed by atoms with Crippen molar-refractivity contribution >= 4 is 0 Å². The molecule has 1 fully saturated rings. The summed E-state index contributed by atoms with van der Waals surface area (Å²) in [7, 11) is 1.66. The third-order valence-electron chi connectivity index (χ3n) is 6.18. The van der Waals surface area contributed by atoms with Gasteiger partial charge in [-0.05, 0) is 49.6 Å². The number of ether oxygens (including phenoxy) is 4. The average molecular weight is 463 g/mol. The molecule has 1 heterocycles. The first-order valence-corrected chi connectivity index (χ1v) is 11.8. The lowest BCUT2D eigenvalue weighted by molar-refractivity contribution is -0.155. The number of hydrogen-bond acceptors (Lipinski definition) is 5. The molecule has 0 radical (unpaired) electrons. The molecule has 4 rings (SSSR count). The second-order valence-corrected chi connectivity index (χ2v) is 9.25. The zero-order chi connectivity index (χ0) is 24.2. The van der Waals surface area contributed by atoms with Crippen molar-refractivity contribution in [2.45, 2.75) is 56.9 Å². The summed E-state index contributed by atoms with van der Waals surface area (Å²) >= 11 is 0. The lowest BCUT2D eigenvalue weighted by Crippen LogP contribution is -2.38. The fraction of sp³-hybridized carbons (Fsp3) is 0.379. The highest BCUT2D eigenvalue weighted by atomic mass is 16.8. The standard InChI is InChI=1S/C29H34O5/c1-21(30)19-26-27(34-28(2,3)33-26)20-32-29(22-11-7-5-8-12-22,23-13-9-6-10-14-23)24-15-17-25(31-4)18-16-24/h5-18,21,26-27,30H,19-20H2,1-4H3. The minimum absolute atomic E-state index is 0.268. The van der Waals surface area contributed by atoms with Gasteiger partial charge in [0.1, 0.15) is 17.5 Å². The normalized spacial score (nSPS) is 20.7. The summed E-state index contributed by atoms with van der Waals surface area (Å²) in [6, 6.07) is 28.4. The van der Waals surface area contributed by atoms with Crippen molar-refractivity contribution in [2.24, 2.45) is 0 Å². The van der Waals surface area contributed by atoms with Gasteiger partial charge in [0.05, 0.1) is 25.9 Å². The van der Waals surface area contributed by atoms with E-state index in [0.29, 0.717) is 6.42 Å².